The van der Waals surface area contributed by atoms with Crippen LogP contribution in [0.25, 0.3) is 11.0 Å². The van der Waals surface area contributed by atoms with Crippen LogP contribution in [0.15, 0.2) is 47.1 Å². The molecule has 0 fully saturated rings. The Balaban J connectivity index is 1.66. The van der Waals surface area contributed by atoms with Gasteiger partial charge in [-0.1, -0.05) is 28.1 Å². The maximum Gasteiger partial charge on any atom is 0.257 e. The lowest BCUT2D eigenvalue weighted by atomic mass is 10.1. The first-order valence-corrected chi connectivity index (χ1v) is 9.60. The van der Waals surface area contributed by atoms with Crippen LogP contribution in [0.3, 0.4) is 0 Å². The van der Waals surface area contributed by atoms with Crippen molar-refractivity contribution in [1.82, 2.24) is 24.5 Å². The van der Waals surface area contributed by atoms with E-state index < -0.39 is 0 Å². The first-order chi connectivity index (χ1) is 13.4. The van der Waals surface area contributed by atoms with Crippen LogP contribution >= 0.6 is 15.9 Å². The molecule has 28 heavy (non-hydrogen) atoms. The van der Waals surface area contributed by atoms with Crippen molar-refractivity contribution in [3.05, 3.63) is 69.6 Å². The van der Waals surface area contributed by atoms with E-state index >= 15 is 0 Å². The Labute approximate surface area is 170 Å². The minimum atomic E-state index is -0.206. The fourth-order valence-electron chi connectivity index (χ4n) is 3.31. The van der Waals surface area contributed by atoms with Crippen molar-refractivity contribution in [3.63, 3.8) is 0 Å². The molecule has 4 aromatic rings. The van der Waals surface area contributed by atoms with Gasteiger partial charge in [-0.3, -0.25) is 9.48 Å². The lowest BCUT2D eigenvalue weighted by molar-refractivity contribution is 0.102. The number of aryl methyl sites for hydroxylation is 3. The molecule has 0 radical (unpaired) electrons. The van der Waals surface area contributed by atoms with Crippen LogP contribution in [0.5, 0.6) is 0 Å². The molecule has 0 saturated heterocycles. The van der Waals surface area contributed by atoms with E-state index in [-0.39, 0.29) is 5.91 Å². The molecular weight excluding hydrogens is 420 g/mol. The molecular formula is C20H19BrN6O. The Kier molecular flexibility index (Phi) is 4.72. The largest absolute Gasteiger partial charge is 0.307 e. The molecule has 0 aliphatic carbocycles. The van der Waals surface area contributed by atoms with Crippen molar-refractivity contribution in [3.8, 4) is 0 Å². The average molecular weight is 439 g/mol. The molecule has 0 spiro atoms. The molecule has 4 rings (SSSR count). The molecule has 0 aliphatic rings. The third kappa shape index (κ3) is 3.43. The van der Waals surface area contributed by atoms with E-state index in [0.717, 1.165) is 26.8 Å². The zero-order chi connectivity index (χ0) is 19.8. The topological polar surface area (TPSA) is 77.6 Å². The van der Waals surface area contributed by atoms with Gasteiger partial charge in [0.15, 0.2) is 5.65 Å². The SMILES string of the molecule is Cc1cc(C(=O)Nc2ccnn2Cc2cccc(Br)c2)c2c(C)nn(C)c2n1. The monoisotopic (exact) mass is 438 g/mol. The highest BCUT2D eigenvalue weighted by atomic mass is 79.9. The van der Waals surface area contributed by atoms with Gasteiger partial charge in [0.05, 0.1) is 29.4 Å². The molecule has 3 aromatic heterocycles. The van der Waals surface area contributed by atoms with Crippen molar-refractivity contribution < 1.29 is 4.79 Å². The molecule has 8 heteroatoms. The standard InChI is InChI=1S/C20H19BrN6O/c1-12-9-16(18-13(2)25-26(3)19(18)23-12)20(28)24-17-7-8-22-27(17)11-14-5-4-6-15(21)10-14/h4-10H,11H2,1-3H3,(H,24,28). The number of pyridine rings is 1. The van der Waals surface area contributed by atoms with Gasteiger partial charge >= 0.3 is 0 Å². The molecule has 0 atom stereocenters. The number of halogens is 1. The fraction of sp³-hybridized carbons (Fsp3) is 0.200. The van der Waals surface area contributed by atoms with Crippen molar-refractivity contribution in [2.45, 2.75) is 20.4 Å². The maximum atomic E-state index is 13.1. The molecule has 1 amide bonds. The number of carbonyl (C=O) groups excluding carboxylic acids is 1. The van der Waals surface area contributed by atoms with Crippen LogP contribution in [0, 0.1) is 13.8 Å². The molecule has 0 saturated carbocycles. The third-order valence-electron chi connectivity index (χ3n) is 4.52. The first-order valence-electron chi connectivity index (χ1n) is 8.81. The second-order valence-electron chi connectivity index (χ2n) is 6.68. The highest BCUT2D eigenvalue weighted by Gasteiger charge is 2.19. The normalized spacial score (nSPS) is 11.1. The van der Waals surface area contributed by atoms with E-state index in [1.807, 2.05) is 45.2 Å². The van der Waals surface area contributed by atoms with Gasteiger partial charge in [0.25, 0.3) is 5.91 Å². The zero-order valence-corrected chi connectivity index (χ0v) is 17.4. The summed E-state index contributed by atoms with van der Waals surface area (Å²) in [5.74, 6) is 0.428. The minimum absolute atomic E-state index is 0.206. The minimum Gasteiger partial charge on any atom is -0.307 e. The van der Waals surface area contributed by atoms with Crippen molar-refractivity contribution in [2.75, 3.05) is 5.32 Å². The highest BCUT2D eigenvalue weighted by Crippen LogP contribution is 2.23. The summed E-state index contributed by atoms with van der Waals surface area (Å²) in [6, 6.07) is 11.6. The van der Waals surface area contributed by atoms with E-state index in [2.05, 4.69) is 36.4 Å². The van der Waals surface area contributed by atoms with Crippen LogP contribution in [0.1, 0.15) is 27.3 Å². The van der Waals surface area contributed by atoms with Crippen LogP contribution in [0.4, 0.5) is 5.82 Å². The molecule has 7 nitrogen and oxygen atoms in total. The van der Waals surface area contributed by atoms with Gasteiger partial charge in [-0.05, 0) is 37.6 Å². The molecule has 142 valence electrons. The number of benzene rings is 1. The Hall–Kier alpha value is -3.00. The van der Waals surface area contributed by atoms with Gasteiger partial charge in [-0.25, -0.2) is 9.67 Å². The number of aromatic nitrogens is 5. The summed E-state index contributed by atoms with van der Waals surface area (Å²) in [6.07, 6.45) is 1.68. The van der Waals surface area contributed by atoms with Gasteiger partial charge < -0.3 is 5.32 Å². The van der Waals surface area contributed by atoms with E-state index in [1.54, 1.807) is 27.7 Å². The number of amides is 1. The number of fused-ring (bicyclic) bond motifs is 1. The van der Waals surface area contributed by atoms with Crippen LogP contribution < -0.4 is 5.32 Å². The predicted octanol–water partition coefficient (Wildman–Crippen LogP) is 3.84. The maximum absolute atomic E-state index is 13.1. The van der Waals surface area contributed by atoms with E-state index in [1.165, 1.54) is 0 Å². The molecule has 1 aromatic carbocycles. The predicted molar refractivity (Wildman–Crippen MR) is 111 cm³/mol. The average Bonchev–Trinajstić information content (AvgIpc) is 3.18. The van der Waals surface area contributed by atoms with Crippen LogP contribution in [-0.2, 0) is 13.6 Å². The number of anilines is 1. The Morgan fingerprint density at radius 2 is 2.04 bits per heavy atom. The number of nitrogens with one attached hydrogen (secondary N) is 1. The molecule has 1 N–H and O–H groups in total. The second-order valence-corrected chi connectivity index (χ2v) is 7.59. The summed E-state index contributed by atoms with van der Waals surface area (Å²) in [7, 11) is 1.83. The summed E-state index contributed by atoms with van der Waals surface area (Å²) < 4.78 is 4.47. The molecule has 0 bridgehead atoms. The highest BCUT2D eigenvalue weighted by molar-refractivity contribution is 9.10. The van der Waals surface area contributed by atoms with Gasteiger partial charge in [-0.15, -0.1) is 0 Å². The smallest absolute Gasteiger partial charge is 0.257 e. The van der Waals surface area contributed by atoms with Gasteiger partial charge in [0.2, 0.25) is 0 Å². The second kappa shape index (κ2) is 7.20. The van der Waals surface area contributed by atoms with Gasteiger partial charge in [0.1, 0.15) is 5.82 Å². The van der Waals surface area contributed by atoms with Gasteiger partial charge in [0, 0.05) is 23.3 Å². The fourth-order valence-corrected chi connectivity index (χ4v) is 3.75. The summed E-state index contributed by atoms with van der Waals surface area (Å²) >= 11 is 3.48. The number of carbonyl (C=O) groups is 1. The summed E-state index contributed by atoms with van der Waals surface area (Å²) in [5.41, 5.74) is 3.88. The summed E-state index contributed by atoms with van der Waals surface area (Å²) in [6.45, 7) is 4.31. The molecule has 3 heterocycles. The Bertz CT molecular complexity index is 1190. The Morgan fingerprint density at radius 3 is 2.82 bits per heavy atom. The first kappa shape index (κ1) is 18.4. The third-order valence-corrected chi connectivity index (χ3v) is 5.01. The van der Waals surface area contributed by atoms with E-state index in [4.69, 9.17) is 0 Å². The lowest BCUT2D eigenvalue weighted by Gasteiger charge is -2.11. The summed E-state index contributed by atoms with van der Waals surface area (Å²) in [5, 5.41) is 12.5. The van der Waals surface area contributed by atoms with Crippen molar-refractivity contribution in [1.29, 1.82) is 0 Å². The molecule has 0 aliphatic heterocycles. The number of hydrogen-bond donors (Lipinski definition) is 1. The van der Waals surface area contributed by atoms with Crippen molar-refractivity contribution >= 4 is 38.7 Å². The number of nitrogens with zero attached hydrogens (tertiary/aromatic N) is 5. The van der Waals surface area contributed by atoms with Crippen LogP contribution in [-0.4, -0.2) is 30.5 Å². The van der Waals surface area contributed by atoms with Gasteiger partial charge in [-0.2, -0.15) is 10.2 Å². The summed E-state index contributed by atoms with van der Waals surface area (Å²) in [4.78, 5) is 17.6. The Morgan fingerprint density at radius 1 is 1.21 bits per heavy atom. The quantitative estimate of drug-likeness (QED) is 0.524. The van der Waals surface area contributed by atoms with Crippen molar-refractivity contribution in [2.24, 2.45) is 7.05 Å². The molecule has 0 unspecified atom stereocenters. The number of rotatable bonds is 4. The van der Waals surface area contributed by atoms with E-state index in [0.29, 0.717) is 23.6 Å². The van der Waals surface area contributed by atoms with Crippen LogP contribution in [0.2, 0.25) is 0 Å². The van der Waals surface area contributed by atoms with E-state index in [9.17, 15) is 4.79 Å². The lowest BCUT2D eigenvalue weighted by Crippen LogP contribution is -2.17. The number of hydrogen-bond acceptors (Lipinski definition) is 4. The zero-order valence-electron chi connectivity index (χ0n) is 15.8.